The first-order chi connectivity index (χ1) is 3.18. The average molecular weight is 119 g/mol. The van der Waals surface area contributed by atoms with Crippen LogP contribution in [0.3, 0.4) is 0 Å². The summed E-state index contributed by atoms with van der Waals surface area (Å²) in [5.41, 5.74) is 0. The normalized spacial score (nSPS) is 8.00. The van der Waals surface area contributed by atoms with Crippen LogP contribution in [0.1, 0.15) is 0 Å². The third-order valence-electron chi connectivity index (χ3n) is 0.647. The fourth-order valence-corrected chi connectivity index (χ4v) is 0.224. The van der Waals surface area contributed by atoms with Crippen LogP contribution in [-0.2, 0) is 0 Å². The number of rotatable bonds is 0. The Hall–Kier alpha value is -0.180. The highest BCUT2D eigenvalue weighted by Gasteiger charge is 1.90. The van der Waals surface area contributed by atoms with Crippen molar-refractivity contribution in [3.8, 4) is 0 Å². The quantitative estimate of drug-likeness (QED) is 0.195. The predicted octanol–water partition coefficient (Wildman–Crippen LogP) is -0.236. The fourth-order valence-electron chi connectivity index (χ4n) is 0.224. The van der Waals surface area contributed by atoms with Crippen LogP contribution >= 0.6 is 12.6 Å². The van der Waals surface area contributed by atoms with Crippen LogP contribution in [0.15, 0.2) is 0 Å². The number of nitrogens with one attached hydrogen (secondary N) is 1. The molecule has 2 nitrogen and oxygen atoms in total. The zero-order valence-electron chi connectivity index (χ0n) is 4.89. The minimum atomic E-state index is 0.875. The van der Waals surface area contributed by atoms with Gasteiger partial charge in [0.25, 0.3) is 0 Å². The number of amidine groups is 1. The van der Waals surface area contributed by atoms with E-state index in [-0.39, 0.29) is 0 Å². The van der Waals surface area contributed by atoms with Gasteiger partial charge in [-0.3, -0.25) is 9.89 Å². The van der Waals surface area contributed by atoms with E-state index in [1.165, 1.54) is 0 Å². The third kappa shape index (κ3) is 2.51. The van der Waals surface area contributed by atoms with E-state index < -0.39 is 0 Å². The summed E-state index contributed by atoms with van der Waals surface area (Å²) in [6.45, 7) is 0. The van der Waals surface area contributed by atoms with Crippen molar-refractivity contribution in [2.24, 2.45) is 0 Å². The van der Waals surface area contributed by atoms with Gasteiger partial charge in [0.2, 0.25) is 0 Å². The molecule has 0 amide bonds. The van der Waals surface area contributed by atoms with Gasteiger partial charge in [0.1, 0.15) is 0 Å². The van der Waals surface area contributed by atoms with Gasteiger partial charge in [0.05, 0.1) is 21.1 Å². The van der Waals surface area contributed by atoms with Crippen molar-refractivity contribution in [3.63, 3.8) is 0 Å². The summed E-state index contributed by atoms with van der Waals surface area (Å²) in [6.07, 6.45) is 0. The van der Waals surface area contributed by atoms with E-state index in [9.17, 15) is 0 Å². The molecule has 0 radical (unpaired) electrons. The van der Waals surface area contributed by atoms with Gasteiger partial charge in [-0.05, 0) is 0 Å². The molecule has 0 aromatic carbocycles. The van der Waals surface area contributed by atoms with Crippen molar-refractivity contribution in [3.05, 3.63) is 0 Å². The molecule has 0 unspecified atom stereocenters. The highest BCUT2D eigenvalue weighted by molar-refractivity contribution is 7.96. The van der Waals surface area contributed by atoms with Crippen molar-refractivity contribution in [1.82, 2.24) is 5.32 Å². The maximum Gasteiger partial charge on any atom is 0.302 e. The molecule has 0 aliphatic carbocycles. The monoisotopic (exact) mass is 119 g/mol. The first kappa shape index (κ1) is 6.82. The van der Waals surface area contributed by atoms with E-state index in [1.54, 1.807) is 0 Å². The van der Waals surface area contributed by atoms with Gasteiger partial charge in [0, 0.05) is 0 Å². The molecule has 0 fully saturated rings. The van der Waals surface area contributed by atoms with E-state index in [0.29, 0.717) is 0 Å². The van der Waals surface area contributed by atoms with Crippen LogP contribution in [0.25, 0.3) is 0 Å². The molecule has 0 aromatic rings. The SMILES string of the molecule is CNC(S)=[N+](C)C. The molecule has 0 heterocycles. The van der Waals surface area contributed by atoms with E-state index in [1.807, 2.05) is 25.7 Å². The zero-order valence-corrected chi connectivity index (χ0v) is 5.79. The Morgan fingerprint density at radius 2 is 2.00 bits per heavy atom. The number of hydrogen-bond donors (Lipinski definition) is 2. The molecule has 0 spiro atoms. The van der Waals surface area contributed by atoms with Crippen LogP contribution < -0.4 is 5.32 Å². The fraction of sp³-hybridized carbons (Fsp3) is 0.750. The molecule has 0 aliphatic rings. The van der Waals surface area contributed by atoms with Crippen molar-refractivity contribution in [1.29, 1.82) is 0 Å². The summed E-state index contributed by atoms with van der Waals surface area (Å²) in [5.74, 6) is 0. The lowest BCUT2D eigenvalue weighted by Crippen LogP contribution is -2.21. The second-order valence-corrected chi connectivity index (χ2v) is 1.89. The molecule has 1 N–H and O–H groups in total. The van der Waals surface area contributed by atoms with Gasteiger partial charge in [0.15, 0.2) is 0 Å². The Balaban J connectivity index is 3.72. The lowest BCUT2D eigenvalue weighted by atomic mass is 11.0. The van der Waals surface area contributed by atoms with Crippen molar-refractivity contribution >= 4 is 17.8 Å². The smallest absolute Gasteiger partial charge is 0.272 e. The Morgan fingerprint density at radius 3 is 2.00 bits per heavy atom. The number of nitrogens with zero attached hydrogens (tertiary/aromatic N) is 1. The second kappa shape index (κ2) is 2.91. The first-order valence-electron chi connectivity index (χ1n) is 2.09. The maximum atomic E-state index is 4.06. The summed E-state index contributed by atoms with van der Waals surface area (Å²) < 4.78 is 1.89. The molecule has 0 saturated carbocycles. The summed E-state index contributed by atoms with van der Waals surface area (Å²) in [6, 6.07) is 0. The Bertz CT molecular complexity index is 83.7. The number of hydrogen-bond acceptors (Lipinski definition) is 0. The van der Waals surface area contributed by atoms with Crippen LogP contribution in [0.2, 0.25) is 0 Å². The number of thiol groups is 1. The van der Waals surface area contributed by atoms with E-state index >= 15 is 0 Å². The van der Waals surface area contributed by atoms with Gasteiger partial charge in [-0.25, -0.2) is 0 Å². The minimum Gasteiger partial charge on any atom is -0.272 e. The molecule has 0 bridgehead atoms. The van der Waals surface area contributed by atoms with Crippen LogP contribution in [-0.4, -0.2) is 30.9 Å². The van der Waals surface area contributed by atoms with Crippen molar-refractivity contribution < 1.29 is 4.58 Å². The Morgan fingerprint density at radius 1 is 1.57 bits per heavy atom. The molecule has 0 aliphatic heterocycles. The summed E-state index contributed by atoms with van der Waals surface area (Å²) in [4.78, 5) is 0. The van der Waals surface area contributed by atoms with Gasteiger partial charge in [-0.2, -0.15) is 0 Å². The summed E-state index contributed by atoms with van der Waals surface area (Å²) >= 11 is 4.06. The standard InChI is InChI=1S/C4H10N2S/c1-5-4(7)6(2)3/h1-3H3,(H,5,7)/p+1. The highest BCUT2D eigenvalue weighted by atomic mass is 32.1. The van der Waals surface area contributed by atoms with Gasteiger partial charge in [-0.1, -0.05) is 12.6 Å². The topological polar surface area (TPSA) is 15.0 Å². The van der Waals surface area contributed by atoms with Gasteiger partial charge >= 0.3 is 5.17 Å². The molecule has 3 heteroatoms. The van der Waals surface area contributed by atoms with Gasteiger partial charge in [-0.15, -0.1) is 0 Å². The molecule has 7 heavy (non-hydrogen) atoms. The van der Waals surface area contributed by atoms with Crippen molar-refractivity contribution in [2.45, 2.75) is 0 Å². The van der Waals surface area contributed by atoms with E-state index in [4.69, 9.17) is 0 Å². The van der Waals surface area contributed by atoms with Crippen LogP contribution in [0, 0.1) is 0 Å². The van der Waals surface area contributed by atoms with Crippen LogP contribution in [0.5, 0.6) is 0 Å². The highest BCUT2D eigenvalue weighted by Crippen LogP contribution is 1.71. The molecule has 0 rings (SSSR count). The minimum absolute atomic E-state index is 0.875. The lowest BCUT2D eigenvalue weighted by Gasteiger charge is -1.91. The molecule has 42 valence electrons. The summed E-state index contributed by atoms with van der Waals surface area (Å²) in [7, 11) is 5.69. The Kier molecular flexibility index (Phi) is 2.83. The summed E-state index contributed by atoms with van der Waals surface area (Å²) in [5, 5.41) is 3.75. The van der Waals surface area contributed by atoms with Crippen LogP contribution in [0.4, 0.5) is 0 Å². The second-order valence-electron chi connectivity index (χ2n) is 1.47. The molecular formula is C4H11N2S+. The van der Waals surface area contributed by atoms with Crippen molar-refractivity contribution in [2.75, 3.05) is 21.1 Å². The largest absolute Gasteiger partial charge is 0.302 e. The molecule has 0 saturated heterocycles. The third-order valence-corrected chi connectivity index (χ3v) is 1.27. The molecular weight excluding hydrogens is 108 g/mol. The molecule has 0 aromatic heterocycles. The average Bonchev–Trinajstić information content (AvgIpc) is 1.65. The lowest BCUT2D eigenvalue weighted by molar-refractivity contribution is -0.463. The predicted molar refractivity (Wildman–Crippen MR) is 35.2 cm³/mol. The zero-order chi connectivity index (χ0) is 5.86. The van der Waals surface area contributed by atoms with E-state index in [0.717, 1.165) is 5.17 Å². The first-order valence-corrected chi connectivity index (χ1v) is 2.54. The molecule has 0 atom stereocenters. The maximum absolute atomic E-state index is 4.06. The van der Waals surface area contributed by atoms with E-state index in [2.05, 4.69) is 17.9 Å². The Labute approximate surface area is 49.6 Å². The van der Waals surface area contributed by atoms with Gasteiger partial charge < -0.3 is 0 Å².